The Kier molecular flexibility index (Phi) is 6.93. The Morgan fingerprint density at radius 1 is 0.938 bits per heavy atom. The van der Waals surface area contributed by atoms with Crippen molar-refractivity contribution in [3.8, 4) is 11.3 Å². The van der Waals surface area contributed by atoms with Crippen LogP contribution in [0.4, 0.5) is 8.78 Å². The first-order valence-corrected chi connectivity index (χ1v) is 11.4. The zero-order chi connectivity index (χ0) is 22.5. The molecule has 0 fully saturated rings. The van der Waals surface area contributed by atoms with Gasteiger partial charge in [-0.05, 0) is 84.8 Å². The number of fused-ring (bicyclic) bond motifs is 1. The highest BCUT2D eigenvalue weighted by Gasteiger charge is 2.21. The molecule has 2 unspecified atom stereocenters. The Labute approximate surface area is 187 Å². The van der Waals surface area contributed by atoms with Crippen molar-refractivity contribution in [2.24, 2.45) is 5.92 Å². The van der Waals surface area contributed by atoms with Crippen LogP contribution in [0.25, 0.3) is 22.2 Å². The molecule has 0 aliphatic heterocycles. The number of aryl methyl sites for hydroxylation is 1. The van der Waals surface area contributed by atoms with Crippen molar-refractivity contribution in [1.82, 2.24) is 15.0 Å². The molecule has 2 atom stereocenters. The van der Waals surface area contributed by atoms with Crippen LogP contribution in [0.2, 0.25) is 0 Å². The molecule has 4 rings (SSSR count). The summed E-state index contributed by atoms with van der Waals surface area (Å²) >= 11 is 0. The van der Waals surface area contributed by atoms with E-state index >= 15 is 0 Å². The Morgan fingerprint density at radius 3 is 2.50 bits per heavy atom. The fourth-order valence-corrected chi connectivity index (χ4v) is 4.53. The predicted octanol–water partition coefficient (Wildman–Crippen LogP) is 7.45. The topological polar surface area (TPSA) is 41.6 Å². The molecule has 0 bridgehead atoms. The van der Waals surface area contributed by atoms with Crippen molar-refractivity contribution >= 4 is 10.9 Å². The maximum Gasteiger partial charge on any atom is 0.123 e. The van der Waals surface area contributed by atoms with Gasteiger partial charge in [0.2, 0.25) is 0 Å². The smallest absolute Gasteiger partial charge is 0.123 e. The minimum atomic E-state index is -0.241. The van der Waals surface area contributed by atoms with E-state index in [9.17, 15) is 8.78 Å². The Bertz CT molecular complexity index is 1170. The van der Waals surface area contributed by atoms with E-state index in [1.165, 1.54) is 18.2 Å². The second-order valence-electron chi connectivity index (χ2n) is 8.55. The molecule has 2 aromatic carbocycles. The quantitative estimate of drug-likeness (QED) is 0.298. The van der Waals surface area contributed by atoms with Crippen molar-refractivity contribution in [1.29, 1.82) is 0 Å². The molecule has 2 aromatic heterocycles. The molecule has 0 saturated heterocycles. The van der Waals surface area contributed by atoms with E-state index in [-0.39, 0.29) is 17.6 Å². The molecular weight excluding hydrogens is 404 g/mol. The molecule has 0 spiro atoms. The molecule has 0 radical (unpaired) electrons. The number of H-pyrrole nitrogens is 1. The van der Waals surface area contributed by atoms with Crippen molar-refractivity contribution < 1.29 is 8.78 Å². The number of pyridine rings is 1. The van der Waals surface area contributed by atoms with Gasteiger partial charge in [-0.3, -0.25) is 4.98 Å². The Hall–Kier alpha value is -3.08. The molecule has 5 heteroatoms. The van der Waals surface area contributed by atoms with Gasteiger partial charge in [-0.15, -0.1) is 0 Å². The number of aromatic amines is 1. The van der Waals surface area contributed by atoms with Gasteiger partial charge in [0.05, 0.1) is 17.4 Å². The summed E-state index contributed by atoms with van der Waals surface area (Å²) in [5.41, 5.74) is 3.83. The van der Waals surface area contributed by atoms with E-state index in [2.05, 4.69) is 28.8 Å². The molecule has 0 aliphatic carbocycles. The number of halogens is 2. The van der Waals surface area contributed by atoms with Crippen molar-refractivity contribution in [3.05, 3.63) is 83.9 Å². The Balaban J connectivity index is 1.44. The Morgan fingerprint density at radius 2 is 1.72 bits per heavy atom. The van der Waals surface area contributed by atoms with Gasteiger partial charge in [-0.25, -0.2) is 13.8 Å². The SMILES string of the molecule is CCCC(CCCc1ccnc2ccc(F)cc12)C(C)c1ncc(-c2ccc(F)cc2)[nH]1. The minimum Gasteiger partial charge on any atom is -0.342 e. The summed E-state index contributed by atoms with van der Waals surface area (Å²) in [5, 5.41) is 0.905. The third-order valence-corrected chi connectivity index (χ3v) is 6.36. The van der Waals surface area contributed by atoms with Gasteiger partial charge in [0.25, 0.3) is 0 Å². The molecule has 1 N–H and O–H groups in total. The standard InChI is InChI=1S/C27H29F2N3/c1-3-5-19(6-4-7-20-14-15-30-25-13-12-23(29)16-24(20)25)18(2)27-31-17-26(32-27)21-8-10-22(28)11-9-21/h8-19H,3-7H2,1-2H3,(H,31,32). The van der Waals surface area contributed by atoms with Crippen LogP contribution in [-0.2, 0) is 6.42 Å². The predicted molar refractivity (Wildman–Crippen MR) is 125 cm³/mol. The lowest BCUT2D eigenvalue weighted by Crippen LogP contribution is -2.12. The number of hydrogen-bond acceptors (Lipinski definition) is 2. The second kappa shape index (κ2) is 10.0. The first-order valence-electron chi connectivity index (χ1n) is 11.4. The number of nitrogens with one attached hydrogen (secondary N) is 1. The van der Waals surface area contributed by atoms with E-state index in [1.807, 2.05) is 18.5 Å². The van der Waals surface area contributed by atoms with E-state index in [4.69, 9.17) is 0 Å². The molecule has 32 heavy (non-hydrogen) atoms. The molecule has 0 amide bonds. The largest absolute Gasteiger partial charge is 0.342 e. The zero-order valence-corrected chi connectivity index (χ0v) is 18.6. The molecule has 2 heterocycles. The molecular formula is C27H29F2N3. The monoisotopic (exact) mass is 433 g/mol. The summed E-state index contributed by atoms with van der Waals surface area (Å²) < 4.78 is 27.0. The second-order valence-corrected chi connectivity index (χ2v) is 8.55. The molecule has 3 nitrogen and oxygen atoms in total. The number of rotatable bonds is 9. The maximum atomic E-state index is 13.7. The van der Waals surface area contributed by atoms with Gasteiger partial charge in [-0.1, -0.05) is 26.7 Å². The molecule has 0 aliphatic rings. The van der Waals surface area contributed by atoms with Gasteiger partial charge < -0.3 is 4.98 Å². The molecule has 4 aromatic rings. The minimum absolute atomic E-state index is 0.223. The van der Waals surface area contributed by atoms with Crippen LogP contribution >= 0.6 is 0 Å². The van der Waals surface area contributed by atoms with Crippen LogP contribution in [0.1, 0.15) is 56.8 Å². The first-order chi connectivity index (χ1) is 15.5. The van der Waals surface area contributed by atoms with Gasteiger partial charge >= 0.3 is 0 Å². The summed E-state index contributed by atoms with van der Waals surface area (Å²) in [6.07, 6.45) is 8.87. The first kappa shape index (κ1) is 22.1. The number of nitrogens with zero attached hydrogens (tertiary/aromatic N) is 2. The summed E-state index contributed by atoms with van der Waals surface area (Å²) in [7, 11) is 0. The summed E-state index contributed by atoms with van der Waals surface area (Å²) in [6, 6.07) is 13.3. The number of benzene rings is 2. The van der Waals surface area contributed by atoms with Crippen LogP contribution in [0.5, 0.6) is 0 Å². The average Bonchev–Trinajstić information content (AvgIpc) is 3.29. The lowest BCUT2D eigenvalue weighted by atomic mass is 9.84. The van der Waals surface area contributed by atoms with Crippen LogP contribution < -0.4 is 0 Å². The van der Waals surface area contributed by atoms with Crippen LogP contribution in [0.15, 0.2) is 60.9 Å². The van der Waals surface area contributed by atoms with Gasteiger partial charge in [-0.2, -0.15) is 0 Å². The zero-order valence-electron chi connectivity index (χ0n) is 18.6. The van der Waals surface area contributed by atoms with Crippen molar-refractivity contribution in [2.45, 2.75) is 51.9 Å². The third kappa shape index (κ3) is 5.04. The molecule has 0 saturated carbocycles. The van der Waals surface area contributed by atoms with E-state index in [0.29, 0.717) is 5.92 Å². The third-order valence-electron chi connectivity index (χ3n) is 6.36. The number of imidazole rings is 1. The van der Waals surface area contributed by atoms with Crippen LogP contribution in [0, 0.1) is 17.6 Å². The van der Waals surface area contributed by atoms with Crippen LogP contribution in [0.3, 0.4) is 0 Å². The maximum absolute atomic E-state index is 13.7. The van der Waals surface area contributed by atoms with Gasteiger partial charge in [0.15, 0.2) is 0 Å². The fourth-order valence-electron chi connectivity index (χ4n) is 4.53. The van der Waals surface area contributed by atoms with E-state index < -0.39 is 0 Å². The lowest BCUT2D eigenvalue weighted by Gasteiger charge is -2.22. The highest BCUT2D eigenvalue weighted by molar-refractivity contribution is 5.81. The normalized spacial score (nSPS) is 13.4. The lowest BCUT2D eigenvalue weighted by molar-refractivity contribution is 0.365. The fraction of sp³-hybridized carbons (Fsp3) is 0.333. The van der Waals surface area contributed by atoms with Crippen molar-refractivity contribution in [3.63, 3.8) is 0 Å². The number of aromatic nitrogens is 3. The van der Waals surface area contributed by atoms with Gasteiger partial charge in [0.1, 0.15) is 17.5 Å². The van der Waals surface area contributed by atoms with E-state index in [0.717, 1.165) is 65.7 Å². The number of hydrogen-bond donors (Lipinski definition) is 1. The van der Waals surface area contributed by atoms with Gasteiger partial charge in [0, 0.05) is 17.5 Å². The molecule has 166 valence electrons. The highest BCUT2D eigenvalue weighted by atomic mass is 19.1. The average molecular weight is 434 g/mol. The summed E-state index contributed by atoms with van der Waals surface area (Å²) in [4.78, 5) is 12.4. The summed E-state index contributed by atoms with van der Waals surface area (Å²) in [5.74, 6) is 1.29. The van der Waals surface area contributed by atoms with E-state index in [1.54, 1.807) is 24.3 Å². The van der Waals surface area contributed by atoms with Crippen molar-refractivity contribution in [2.75, 3.05) is 0 Å². The summed E-state index contributed by atoms with van der Waals surface area (Å²) in [6.45, 7) is 4.44. The highest BCUT2D eigenvalue weighted by Crippen LogP contribution is 2.32. The van der Waals surface area contributed by atoms with Crippen LogP contribution in [-0.4, -0.2) is 15.0 Å².